The van der Waals surface area contributed by atoms with Crippen molar-refractivity contribution in [1.29, 1.82) is 0 Å². The van der Waals surface area contributed by atoms with Crippen LogP contribution in [0.4, 0.5) is 5.69 Å². The Morgan fingerprint density at radius 2 is 1.67 bits per heavy atom. The van der Waals surface area contributed by atoms with Crippen LogP contribution in [-0.4, -0.2) is 107 Å². The van der Waals surface area contributed by atoms with E-state index in [9.17, 15) is 34.8 Å². The van der Waals surface area contributed by atoms with Crippen molar-refractivity contribution in [2.24, 2.45) is 39.6 Å². The number of aliphatic hydroxyl groups excluding tert-OH is 2. The number of allylic oxidation sites excluding steroid dienone is 2. The number of likely N-dealkylation sites (tertiary alicyclic amines) is 1. The first-order chi connectivity index (χ1) is 28.7. The third-order valence-electron chi connectivity index (χ3n) is 12.4. The Labute approximate surface area is 357 Å². The number of hydrogen-bond acceptors (Lipinski definition) is 14. The van der Waals surface area contributed by atoms with Crippen LogP contribution in [0.3, 0.4) is 0 Å². The maximum Gasteiger partial charge on any atom is 0.302 e. The van der Waals surface area contributed by atoms with E-state index in [2.05, 4.69) is 29.1 Å². The quantitative estimate of drug-likeness (QED) is 0.153. The van der Waals surface area contributed by atoms with Crippen LogP contribution in [0.5, 0.6) is 17.2 Å². The van der Waals surface area contributed by atoms with Gasteiger partial charge in [0.15, 0.2) is 12.0 Å². The lowest BCUT2D eigenvalue weighted by Gasteiger charge is -2.38. The Kier molecular flexibility index (Phi) is 15.1. The molecule has 1 amide bonds. The number of piperidine rings is 1. The number of hydrogen-bond donors (Lipinski definition) is 5. The van der Waals surface area contributed by atoms with Crippen LogP contribution in [0.2, 0.25) is 0 Å². The number of nitrogens with zero attached hydrogens (tertiary/aromatic N) is 3. The van der Waals surface area contributed by atoms with Crippen LogP contribution in [0, 0.1) is 36.5 Å². The van der Waals surface area contributed by atoms with Gasteiger partial charge in [0, 0.05) is 93.6 Å². The summed E-state index contributed by atoms with van der Waals surface area (Å²) >= 11 is 0. The first-order valence-corrected chi connectivity index (χ1v) is 21.2. The fourth-order valence-corrected chi connectivity index (χ4v) is 8.83. The van der Waals surface area contributed by atoms with Crippen LogP contribution in [0.1, 0.15) is 91.1 Å². The number of anilines is 1. The maximum absolute atomic E-state index is 13.8. The minimum Gasteiger partial charge on any atom is -0.507 e. The minimum absolute atomic E-state index is 0.00813. The summed E-state index contributed by atoms with van der Waals surface area (Å²) in [5.74, 6) is -3.97. The van der Waals surface area contributed by atoms with E-state index in [1.807, 2.05) is 6.92 Å². The van der Waals surface area contributed by atoms with Gasteiger partial charge in [0.05, 0.1) is 41.2 Å². The number of carbonyl (C=O) groups is 3. The molecule has 5 N–H and O–H groups in total. The SMILES string of the molecule is CO[C@H]1/C=C/O[C@@H](C)Oc2c(C)c(O)c3c(O)c(c4c(c3c2C=O)NC2(CCN(CC(C)C)CC2)N=4)=NC(=O)/C(C)=C\C=C\[C@H](C)[C@H](O)[C@@H](C)[C@@H](O)[C@@H](C)[C@H](OC(C)=O)[C@@H]1C. The molecule has 4 aliphatic rings. The summed E-state index contributed by atoms with van der Waals surface area (Å²) in [6.45, 7) is 19.7. The standard InChI is InChI=1S/C46H64N4O11/c1-23(2)21-50-18-16-46(17-19-50)48-36-34-32(22-51)44-29(8)41(55)35(34)42(56)38(37(36)49-46)47-45(57)25(4)14-12-13-24(3)39(53)27(6)40(54)28(7)43(60-30(9)52)26(5)33(58-11)15-20-59-31(10)61-44/h12-15,20,22-24,26-28,31,33,39-40,43,48,53-56H,16-19,21H2,1-11H3/b13-12+,20-15+,25-14-,47-38?/t24-,26+,27+,28+,31+,33-,39-,40+,43+/m0/s1. The number of phenolic OH excluding ortho intramolecular Hbond substituents is 2. The summed E-state index contributed by atoms with van der Waals surface area (Å²) in [7, 11) is 1.49. The molecule has 4 heterocycles. The van der Waals surface area contributed by atoms with Gasteiger partial charge in [-0.1, -0.05) is 59.8 Å². The number of carbonyl (C=O) groups excluding carboxylic acids is 3. The van der Waals surface area contributed by atoms with E-state index < -0.39 is 77.7 Å². The van der Waals surface area contributed by atoms with Crippen LogP contribution >= 0.6 is 0 Å². The zero-order valence-corrected chi connectivity index (χ0v) is 37.3. The van der Waals surface area contributed by atoms with E-state index in [1.165, 1.54) is 33.3 Å². The number of ether oxygens (including phenoxy) is 4. The van der Waals surface area contributed by atoms with Gasteiger partial charge in [-0.15, -0.1) is 0 Å². The Hall–Kier alpha value is -4.83. The predicted octanol–water partition coefficient (Wildman–Crippen LogP) is 5.00. The number of fused-ring (bicyclic) bond motifs is 16. The highest BCUT2D eigenvalue weighted by Gasteiger charge is 2.41. The number of phenols is 2. The second-order valence-electron chi connectivity index (χ2n) is 17.5. The Bertz CT molecular complexity index is 2190. The minimum atomic E-state index is -1.10. The largest absolute Gasteiger partial charge is 0.507 e. The molecule has 1 fully saturated rings. The summed E-state index contributed by atoms with van der Waals surface area (Å²) in [5.41, 5.74) is -0.167. The maximum atomic E-state index is 13.8. The number of aliphatic hydroxyl groups is 2. The first kappa shape index (κ1) is 47.2. The van der Waals surface area contributed by atoms with Gasteiger partial charge in [-0.05, 0) is 25.8 Å². The van der Waals surface area contributed by atoms with Crippen molar-refractivity contribution in [3.05, 3.63) is 58.0 Å². The van der Waals surface area contributed by atoms with Crippen molar-refractivity contribution >= 4 is 34.6 Å². The Morgan fingerprint density at radius 3 is 2.28 bits per heavy atom. The number of aldehydes is 1. The van der Waals surface area contributed by atoms with E-state index in [0.29, 0.717) is 30.7 Å². The third kappa shape index (κ3) is 9.95. The molecule has 4 aliphatic heterocycles. The highest BCUT2D eigenvalue weighted by molar-refractivity contribution is 6.13. The molecule has 0 radical (unpaired) electrons. The molecule has 0 aliphatic carbocycles. The number of amides is 1. The van der Waals surface area contributed by atoms with Gasteiger partial charge in [0.25, 0.3) is 5.91 Å². The zero-order valence-electron chi connectivity index (χ0n) is 37.3. The monoisotopic (exact) mass is 848 g/mol. The summed E-state index contributed by atoms with van der Waals surface area (Å²) in [6.07, 6.45) is 4.92. The number of nitrogens with one attached hydrogen (secondary N) is 1. The van der Waals surface area contributed by atoms with Gasteiger partial charge in [-0.25, -0.2) is 4.99 Å². The molecule has 0 aromatic heterocycles. The van der Waals surface area contributed by atoms with Gasteiger partial charge >= 0.3 is 5.97 Å². The zero-order chi connectivity index (χ0) is 45.1. The van der Waals surface area contributed by atoms with Crippen LogP contribution in [-0.2, 0) is 23.8 Å². The normalized spacial score (nSPS) is 30.8. The Morgan fingerprint density at radius 1 is 1.00 bits per heavy atom. The molecule has 1 saturated heterocycles. The number of rotatable bonds is 5. The molecule has 0 unspecified atom stereocenters. The molecule has 1 spiro atoms. The average Bonchev–Trinajstić information content (AvgIpc) is 3.59. The van der Waals surface area contributed by atoms with Crippen molar-refractivity contribution in [3.63, 3.8) is 0 Å². The molecule has 2 aromatic rings. The van der Waals surface area contributed by atoms with E-state index >= 15 is 0 Å². The topological polar surface area (TPSA) is 209 Å². The lowest BCUT2D eigenvalue weighted by atomic mass is 9.78. The van der Waals surface area contributed by atoms with E-state index in [0.717, 1.165) is 19.6 Å². The second-order valence-corrected chi connectivity index (χ2v) is 17.5. The predicted molar refractivity (Wildman–Crippen MR) is 230 cm³/mol. The van der Waals surface area contributed by atoms with Crippen molar-refractivity contribution < 1.29 is 53.8 Å². The van der Waals surface area contributed by atoms with Crippen molar-refractivity contribution in [3.8, 4) is 17.2 Å². The van der Waals surface area contributed by atoms with E-state index in [-0.39, 0.29) is 49.7 Å². The molecule has 2 aromatic carbocycles. The summed E-state index contributed by atoms with van der Waals surface area (Å²) in [6, 6.07) is 0. The van der Waals surface area contributed by atoms with Crippen LogP contribution in [0.25, 0.3) is 10.8 Å². The molecule has 61 heavy (non-hydrogen) atoms. The molecule has 334 valence electrons. The van der Waals surface area contributed by atoms with Gasteiger partial charge < -0.3 is 49.6 Å². The molecule has 0 saturated carbocycles. The molecule has 15 nitrogen and oxygen atoms in total. The Balaban J connectivity index is 1.71. The lowest BCUT2D eigenvalue weighted by molar-refractivity contribution is -0.160. The fraction of sp³-hybridized carbons (Fsp3) is 0.587. The first-order valence-electron chi connectivity index (χ1n) is 21.2. The fourth-order valence-electron chi connectivity index (χ4n) is 8.83. The van der Waals surface area contributed by atoms with E-state index in [1.54, 1.807) is 52.8 Å². The lowest BCUT2D eigenvalue weighted by Crippen LogP contribution is -2.47. The highest BCUT2D eigenvalue weighted by Crippen LogP contribution is 2.46. The summed E-state index contributed by atoms with van der Waals surface area (Å²) in [5, 5.41) is 50.4. The van der Waals surface area contributed by atoms with Gasteiger partial charge in [0.1, 0.15) is 34.0 Å². The number of methoxy groups -OCH3 is 1. The average molecular weight is 849 g/mol. The smallest absolute Gasteiger partial charge is 0.302 e. The second kappa shape index (κ2) is 19.5. The van der Waals surface area contributed by atoms with Crippen molar-refractivity contribution in [2.45, 2.75) is 118 Å². The van der Waals surface area contributed by atoms with Crippen molar-refractivity contribution in [1.82, 2.24) is 4.90 Å². The van der Waals surface area contributed by atoms with Crippen LogP contribution in [0.15, 0.2) is 46.1 Å². The third-order valence-corrected chi connectivity index (χ3v) is 12.4. The van der Waals surface area contributed by atoms with Gasteiger partial charge in [-0.3, -0.25) is 19.4 Å². The molecule has 4 bridgehead atoms. The van der Waals surface area contributed by atoms with Gasteiger partial charge in [0.2, 0.25) is 6.29 Å². The summed E-state index contributed by atoms with van der Waals surface area (Å²) < 4.78 is 23.7. The van der Waals surface area contributed by atoms with E-state index in [4.69, 9.17) is 23.9 Å². The van der Waals surface area contributed by atoms with Crippen LogP contribution < -0.4 is 20.8 Å². The number of benzene rings is 2. The molecular weight excluding hydrogens is 785 g/mol. The molecular formula is C46H64N4O11. The molecule has 15 heteroatoms. The number of esters is 1. The van der Waals surface area contributed by atoms with Crippen molar-refractivity contribution in [2.75, 3.05) is 32.1 Å². The molecule has 6 rings (SSSR count). The van der Waals surface area contributed by atoms with Gasteiger partial charge in [-0.2, -0.15) is 0 Å². The summed E-state index contributed by atoms with van der Waals surface area (Å²) in [4.78, 5) is 51.2. The number of aromatic hydroxyl groups is 2. The highest BCUT2D eigenvalue weighted by atomic mass is 16.7. The molecule has 9 atom stereocenters.